The van der Waals surface area contributed by atoms with Gasteiger partial charge in [0.15, 0.2) is 0 Å². The van der Waals surface area contributed by atoms with E-state index in [4.69, 9.17) is 4.74 Å². The Labute approximate surface area is 80.2 Å². The van der Waals surface area contributed by atoms with Gasteiger partial charge in [0.2, 0.25) is 0 Å². The first-order valence-electron chi connectivity index (χ1n) is 3.40. The van der Waals surface area contributed by atoms with Gasteiger partial charge < -0.3 is 10.9 Å². The predicted octanol–water partition coefficient (Wildman–Crippen LogP) is 2.49. The molecule has 0 rings (SSSR count). The highest BCUT2D eigenvalue weighted by atomic mass is 35.5. The minimum atomic E-state index is -0.206. The van der Waals surface area contributed by atoms with E-state index in [0.29, 0.717) is 12.2 Å². The molecule has 4 heteroatoms. The minimum absolute atomic E-state index is 0. The van der Waals surface area contributed by atoms with Crippen molar-refractivity contribution in [2.75, 3.05) is 6.61 Å². The van der Waals surface area contributed by atoms with E-state index in [1.807, 2.05) is 13.8 Å². The molecule has 0 aromatic heterocycles. The largest absolute Gasteiger partial charge is 0.463 e. The Bertz CT molecular complexity index is 162. The number of allylic oxidation sites excluding steroid dienone is 1. The van der Waals surface area contributed by atoms with Gasteiger partial charge in [-0.15, -0.1) is 12.4 Å². The number of hydrogen-bond donors (Lipinski definition) is 1. The van der Waals surface area contributed by atoms with Gasteiger partial charge in [0, 0.05) is 5.57 Å². The fourth-order valence-electron chi connectivity index (χ4n) is 0.443. The summed E-state index contributed by atoms with van der Waals surface area (Å²) in [4.78, 5) is 10.9. The molecule has 0 radical (unpaired) electrons. The van der Waals surface area contributed by atoms with Gasteiger partial charge >= 0.3 is 5.97 Å². The van der Waals surface area contributed by atoms with Crippen molar-refractivity contribution >= 4 is 18.4 Å². The molecule has 0 heterocycles. The summed E-state index contributed by atoms with van der Waals surface area (Å²) >= 11 is 0. The zero-order valence-electron chi connectivity index (χ0n) is 8.14. The first kappa shape index (κ1) is 17.5. The second kappa shape index (κ2) is 8.56. The van der Waals surface area contributed by atoms with Crippen LogP contribution in [0.3, 0.4) is 0 Å². The lowest BCUT2D eigenvalue weighted by Crippen LogP contribution is -2.05. The van der Waals surface area contributed by atoms with E-state index in [2.05, 4.69) is 0 Å². The van der Waals surface area contributed by atoms with Gasteiger partial charge in [-0.2, -0.15) is 0 Å². The van der Waals surface area contributed by atoms with Crippen LogP contribution in [-0.4, -0.2) is 12.6 Å². The van der Waals surface area contributed by atoms with Crippen LogP contribution in [0.2, 0.25) is 0 Å². The molecule has 0 amide bonds. The van der Waals surface area contributed by atoms with Gasteiger partial charge in [-0.3, -0.25) is 0 Å². The van der Waals surface area contributed by atoms with E-state index < -0.39 is 0 Å². The maximum Gasteiger partial charge on any atom is 0.333 e. The zero-order chi connectivity index (χ0) is 8.15. The Balaban J connectivity index is -0.000000405. The second-order valence-electron chi connectivity index (χ2n) is 2.35. The van der Waals surface area contributed by atoms with Gasteiger partial charge in [-0.25, -0.2) is 4.79 Å². The number of halogens is 1. The SMILES string of the molecule is CCOC(=O)C(C)=C(C)C.Cl.N. The molecular weight excluding hydrogens is 178 g/mol. The average Bonchev–Trinajstić information content (AvgIpc) is 1.87. The zero-order valence-corrected chi connectivity index (χ0v) is 8.96. The van der Waals surface area contributed by atoms with Crippen molar-refractivity contribution in [1.82, 2.24) is 6.15 Å². The van der Waals surface area contributed by atoms with E-state index in [0.717, 1.165) is 5.57 Å². The third kappa shape index (κ3) is 6.19. The molecule has 0 aromatic carbocycles. The molecule has 0 aliphatic heterocycles. The van der Waals surface area contributed by atoms with Crippen molar-refractivity contribution in [3.8, 4) is 0 Å². The van der Waals surface area contributed by atoms with Crippen molar-refractivity contribution in [3.63, 3.8) is 0 Å². The van der Waals surface area contributed by atoms with Crippen LogP contribution in [0, 0.1) is 0 Å². The number of esters is 1. The molecule has 0 bridgehead atoms. The summed E-state index contributed by atoms with van der Waals surface area (Å²) in [6, 6.07) is 0. The standard InChI is InChI=1S/C8H14O2.ClH.H3N/c1-5-10-8(9)7(4)6(2)3;;/h5H2,1-4H3;1H;1H3. The van der Waals surface area contributed by atoms with E-state index in [1.165, 1.54) is 0 Å². The van der Waals surface area contributed by atoms with Gasteiger partial charge in [0.1, 0.15) is 0 Å². The predicted molar refractivity (Wildman–Crippen MR) is 53.0 cm³/mol. The Hall–Kier alpha value is -0.540. The molecule has 0 unspecified atom stereocenters. The maximum atomic E-state index is 10.9. The number of rotatable bonds is 2. The third-order valence-corrected chi connectivity index (χ3v) is 1.33. The van der Waals surface area contributed by atoms with Crippen molar-refractivity contribution in [2.24, 2.45) is 0 Å². The van der Waals surface area contributed by atoms with Crippen molar-refractivity contribution in [1.29, 1.82) is 0 Å². The Morgan fingerprint density at radius 2 is 1.67 bits per heavy atom. The van der Waals surface area contributed by atoms with Crippen LogP contribution in [0.25, 0.3) is 0 Å². The second-order valence-corrected chi connectivity index (χ2v) is 2.35. The molecule has 3 nitrogen and oxygen atoms in total. The van der Waals surface area contributed by atoms with Crippen molar-refractivity contribution in [3.05, 3.63) is 11.1 Å². The smallest absolute Gasteiger partial charge is 0.333 e. The molecule has 0 saturated carbocycles. The normalized spacial score (nSPS) is 7.33. The summed E-state index contributed by atoms with van der Waals surface area (Å²) in [6.07, 6.45) is 0. The molecule has 0 aromatic rings. The lowest BCUT2D eigenvalue weighted by atomic mass is 10.2. The molecule has 0 saturated heterocycles. The molecule has 0 aliphatic carbocycles. The highest BCUT2D eigenvalue weighted by molar-refractivity contribution is 5.88. The highest BCUT2D eigenvalue weighted by Crippen LogP contribution is 2.03. The fourth-order valence-corrected chi connectivity index (χ4v) is 0.443. The summed E-state index contributed by atoms with van der Waals surface area (Å²) < 4.78 is 4.77. The van der Waals surface area contributed by atoms with Crippen LogP contribution in [0.4, 0.5) is 0 Å². The van der Waals surface area contributed by atoms with Crippen molar-refractivity contribution < 1.29 is 9.53 Å². The lowest BCUT2D eigenvalue weighted by Gasteiger charge is -2.01. The first-order valence-corrected chi connectivity index (χ1v) is 3.40. The Morgan fingerprint density at radius 1 is 1.25 bits per heavy atom. The minimum Gasteiger partial charge on any atom is -0.463 e. The lowest BCUT2D eigenvalue weighted by molar-refractivity contribution is -0.138. The molecular formula is C8H18ClNO2. The summed E-state index contributed by atoms with van der Waals surface area (Å²) in [5, 5.41) is 0. The Kier molecular flexibility index (Phi) is 12.5. The molecule has 0 fully saturated rings. The van der Waals surface area contributed by atoms with E-state index in [-0.39, 0.29) is 24.5 Å². The van der Waals surface area contributed by atoms with Gasteiger partial charge in [-0.1, -0.05) is 5.57 Å². The van der Waals surface area contributed by atoms with E-state index >= 15 is 0 Å². The van der Waals surface area contributed by atoms with E-state index in [9.17, 15) is 4.79 Å². The molecule has 3 N–H and O–H groups in total. The maximum absolute atomic E-state index is 10.9. The third-order valence-electron chi connectivity index (χ3n) is 1.33. The Morgan fingerprint density at radius 3 is 1.92 bits per heavy atom. The monoisotopic (exact) mass is 195 g/mol. The van der Waals surface area contributed by atoms with Crippen LogP contribution in [0.1, 0.15) is 27.7 Å². The summed E-state index contributed by atoms with van der Waals surface area (Å²) in [6.45, 7) is 7.81. The molecule has 0 spiro atoms. The first-order chi connectivity index (χ1) is 4.59. The van der Waals surface area contributed by atoms with Crippen LogP contribution >= 0.6 is 12.4 Å². The number of carbonyl (C=O) groups is 1. The van der Waals surface area contributed by atoms with Gasteiger partial charge in [0.25, 0.3) is 0 Å². The summed E-state index contributed by atoms with van der Waals surface area (Å²) in [5.41, 5.74) is 1.72. The quantitative estimate of drug-likeness (QED) is 0.544. The summed E-state index contributed by atoms with van der Waals surface area (Å²) in [5.74, 6) is -0.206. The van der Waals surface area contributed by atoms with Gasteiger partial charge in [0.05, 0.1) is 6.61 Å². The van der Waals surface area contributed by atoms with Crippen LogP contribution in [0.5, 0.6) is 0 Å². The molecule has 0 aliphatic rings. The van der Waals surface area contributed by atoms with Crippen LogP contribution in [-0.2, 0) is 9.53 Å². The average molecular weight is 196 g/mol. The van der Waals surface area contributed by atoms with Crippen LogP contribution in [0.15, 0.2) is 11.1 Å². The highest BCUT2D eigenvalue weighted by Gasteiger charge is 2.04. The van der Waals surface area contributed by atoms with Crippen LogP contribution < -0.4 is 6.15 Å². The molecule has 0 atom stereocenters. The number of ether oxygens (including phenoxy) is 1. The van der Waals surface area contributed by atoms with Gasteiger partial charge in [-0.05, 0) is 27.7 Å². The number of hydrogen-bond acceptors (Lipinski definition) is 3. The summed E-state index contributed by atoms with van der Waals surface area (Å²) in [7, 11) is 0. The van der Waals surface area contributed by atoms with Crippen molar-refractivity contribution in [2.45, 2.75) is 27.7 Å². The molecule has 12 heavy (non-hydrogen) atoms. The fraction of sp³-hybridized carbons (Fsp3) is 0.625. The molecule has 74 valence electrons. The number of carbonyl (C=O) groups excluding carboxylic acids is 1. The topological polar surface area (TPSA) is 61.3 Å². The van der Waals surface area contributed by atoms with E-state index in [1.54, 1.807) is 13.8 Å².